The fraction of sp³-hybridized carbons (Fsp3) is 0.194. The lowest BCUT2D eigenvalue weighted by molar-refractivity contribution is -0.152. The number of fused-ring (bicyclic) bond motifs is 2. The fourth-order valence-corrected chi connectivity index (χ4v) is 5.96. The quantitative estimate of drug-likeness (QED) is 0.251. The molecule has 1 aromatic heterocycles. The molecule has 0 spiro atoms. The molecule has 0 aliphatic carbocycles. The predicted molar refractivity (Wildman–Crippen MR) is 150 cm³/mol. The molecule has 1 amide bonds. The normalized spacial score (nSPS) is 15.9. The van der Waals surface area contributed by atoms with Crippen molar-refractivity contribution < 1.29 is 18.7 Å². The van der Waals surface area contributed by atoms with Gasteiger partial charge in [0.2, 0.25) is 0 Å². The van der Waals surface area contributed by atoms with Crippen LogP contribution in [0, 0.1) is 6.92 Å². The number of anilines is 2. The highest BCUT2D eigenvalue weighted by Gasteiger charge is 2.35. The highest BCUT2D eigenvalue weighted by molar-refractivity contribution is 7.99. The molecule has 8 heteroatoms. The van der Waals surface area contributed by atoms with Crippen LogP contribution < -0.4 is 4.90 Å². The maximum atomic E-state index is 13.2. The number of carbonyl (C=O) groups excluding carboxylic acids is 2. The van der Waals surface area contributed by atoms with Crippen LogP contribution in [0.1, 0.15) is 35.8 Å². The Hall–Kier alpha value is -4.30. The summed E-state index contributed by atoms with van der Waals surface area (Å²) >= 11 is 1.72. The number of hydrogen-bond donors (Lipinski definition) is 0. The number of rotatable bonds is 7. The van der Waals surface area contributed by atoms with E-state index in [-0.39, 0.29) is 19.1 Å². The van der Waals surface area contributed by atoms with Gasteiger partial charge in [0.15, 0.2) is 6.61 Å². The number of hydrogen-bond acceptors (Lipinski definition) is 7. The highest BCUT2D eigenvalue weighted by Crippen LogP contribution is 2.47. The van der Waals surface area contributed by atoms with Crippen molar-refractivity contribution in [1.29, 1.82) is 0 Å². The summed E-state index contributed by atoms with van der Waals surface area (Å²) in [4.78, 5) is 30.4. The van der Waals surface area contributed by atoms with Crippen molar-refractivity contribution in [1.82, 2.24) is 5.01 Å². The third-order valence-corrected chi connectivity index (χ3v) is 7.98. The third kappa shape index (κ3) is 5.20. The zero-order valence-corrected chi connectivity index (χ0v) is 22.3. The molecule has 0 fully saturated rings. The number of para-hydroxylation sites is 2. The molecule has 2 aliphatic heterocycles. The van der Waals surface area contributed by atoms with Gasteiger partial charge < -0.3 is 14.1 Å². The average Bonchev–Trinajstić information content (AvgIpc) is 3.65. The van der Waals surface area contributed by atoms with Gasteiger partial charge in [0.25, 0.3) is 5.91 Å². The summed E-state index contributed by atoms with van der Waals surface area (Å²) in [6.07, 6.45) is 2.24. The van der Waals surface area contributed by atoms with Gasteiger partial charge in [0.1, 0.15) is 11.8 Å². The number of ether oxygens (including phenoxy) is 1. The van der Waals surface area contributed by atoms with Crippen LogP contribution >= 0.6 is 11.8 Å². The molecule has 2 aliphatic rings. The number of aryl methyl sites for hydroxylation is 1. The van der Waals surface area contributed by atoms with Gasteiger partial charge in [-0.15, -0.1) is 0 Å². The van der Waals surface area contributed by atoms with Gasteiger partial charge in [-0.1, -0.05) is 65.9 Å². The molecular weight excluding hydrogens is 510 g/mol. The number of nitrogens with zero attached hydrogens (tertiary/aromatic N) is 3. The molecule has 6 rings (SSSR count). The van der Waals surface area contributed by atoms with Crippen molar-refractivity contribution in [2.24, 2.45) is 5.10 Å². The zero-order chi connectivity index (χ0) is 26.8. The number of esters is 1. The third-order valence-electron chi connectivity index (χ3n) is 6.85. The Balaban J connectivity index is 1.12. The van der Waals surface area contributed by atoms with E-state index in [9.17, 15) is 9.59 Å². The lowest BCUT2D eigenvalue weighted by Crippen LogP contribution is -2.32. The first kappa shape index (κ1) is 25.0. The maximum absolute atomic E-state index is 13.2. The lowest BCUT2D eigenvalue weighted by atomic mass is 10.0. The second-order valence-electron chi connectivity index (χ2n) is 9.49. The summed E-state index contributed by atoms with van der Waals surface area (Å²) < 4.78 is 11.1. The molecule has 1 atom stereocenters. The zero-order valence-electron chi connectivity index (χ0n) is 21.4. The summed E-state index contributed by atoms with van der Waals surface area (Å²) in [5, 5.41) is 6.00. The van der Waals surface area contributed by atoms with Crippen molar-refractivity contribution in [3.63, 3.8) is 0 Å². The first-order chi connectivity index (χ1) is 19.1. The van der Waals surface area contributed by atoms with E-state index in [0.717, 1.165) is 38.0 Å². The molecule has 196 valence electrons. The van der Waals surface area contributed by atoms with Crippen LogP contribution in [0.15, 0.2) is 111 Å². The van der Waals surface area contributed by atoms with E-state index in [1.807, 2.05) is 61.5 Å². The molecule has 3 heterocycles. The van der Waals surface area contributed by atoms with Crippen LogP contribution in [0.3, 0.4) is 0 Å². The van der Waals surface area contributed by atoms with Gasteiger partial charge in [0, 0.05) is 22.8 Å². The van der Waals surface area contributed by atoms with Crippen LogP contribution in [0.2, 0.25) is 0 Å². The molecule has 1 unspecified atom stereocenters. The van der Waals surface area contributed by atoms with Crippen molar-refractivity contribution >= 4 is 40.7 Å². The molecule has 0 bridgehead atoms. The summed E-state index contributed by atoms with van der Waals surface area (Å²) in [7, 11) is 0. The van der Waals surface area contributed by atoms with Gasteiger partial charge in [-0.25, -0.2) is 5.01 Å². The minimum atomic E-state index is -0.437. The largest absolute Gasteiger partial charge is 0.467 e. The van der Waals surface area contributed by atoms with E-state index in [1.54, 1.807) is 24.1 Å². The van der Waals surface area contributed by atoms with Crippen LogP contribution in [-0.4, -0.2) is 35.7 Å². The van der Waals surface area contributed by atoms with Crippen LogP contribution in [-0.2, 0) is 14.3 Å². The SMILES string of the molecule is Cc1ccc(C2=NN(C(=O)COC(=O)CCN3c4ccccc4Sc4ccccc43)C(c3ccco3)C2)cc1. The summed E-state index contributed by atoms with van der Waals surface area (Å²) in [6, 6.07) is 27.5. The molecule has 39 heavy (non-hydrogen) atoms. The van der Waals surface area contributed by atoms with Crippen molar-refractivity contribution in [2.45, 2.75) is 35.6 Å². The topological polar surface area (TPSA) is 75.4 Å². The van der Waals surface area contributed by atoms with Gasteiger partial charge in [-0.05, 0) is 48.9 Å². The Morgan fingerprint density at radius 1 is 0.949 bits per heavy atom. The van der Waals surface area contributed by atoms with Gasteiger partial charge in [0.05, 0.1) is 29.8 Å². The Kier molecular flexibility index (Phi) is 6.94. The number of benzene rings is 3. The summed E-state index contributed by atoms with van der Waals surface area (Å²) in [5.74, 6) is -0.189. The summed E-state index contributed by atoms with van der Waals surface area (Å²) in [6.45, 7) is 2.08. The number of hydrazone groups is 1. The Labute approximate surface area is 231 Å². The lowest BCUT2D eigenvalue weighted by Gasteiger charge is -2.32. The monoisotopic (exact) mass is 537 g/mol. The molecule has 0 saturated carbocycles. The van der Waals surface area contributed by atoms with Crippen molar-refractivity contribution in [3.8, 4) is 0 Å². The van der Waals surface area contributed by atoms with Crippen molar-refractivity contribution in [2.75, 3.05) is 18.1 Å². The minimum absolute atomic E-state index is 0.139. The van der Waals surface area contributed by atoms with E-state index in [1.165, 1.54) is 5.01 Å². The average molecular weight is 538 g/mol. The first-order valence-electron chi connectivity index (χ1n) is 12.9. The molecule has 7 nitrogen and oxygen atoms in total. The van der Waals surface area contributed by atoms with E-state index < -0.39 is 11.9 Å². The smallest absolute Gasteiger partial charge is 0.308 e. The molecule has 0 saturated heterocycles. The summed E-state index contributed by atoms with van der Waals surface area (Å²) in [5.41, 5.74) is 5.00. The van der Waals surface area contributed by atoms with E-state index in [4.69, 9.17) is 9.15 Å². The minimum Gasteiger partial charge on any atom is -0.467 e. The second kappa shape index (κ2) is 10.8. The Bertz CT molecular complexity index is 1490. The maximum Gasteiger partial charge on any atom is 0.308 e. The van der Waals surface area contributed by atoms with Crippen LogP contribution in [0.4, 0.5) is 11.4 Å². The number of amides is 1. The van der Waals surface area contributed by atoms with Crippen LogP contribution in [0.25, 0.3) is 0 Å². The molecule has 4 aromatic rings. The highest BCUT2D eigenvalue weighted by atomic mass is 32.2. The number of furan rings is 1. The number of carbonyl (C=O) groups is 2. The fourth-order valence-electron chi connectivity index (χ4n) is 4.87. The Morgan fingerprint density at radius 3 is 2.31 bits per heavy atom. The van der Waals surface area contributed by atoms with Crippen LogP contribution in [0.5, 0.6) is 0 Å². The molecular formula is C31H27N3O4S. The van der Waals surface area contributed by atoms with Gasteiger partial charge >= 0.3 is 5.97 Å². The second-order valence-corrected chi connectivity index (χ2v) is 10.6. The van der Waals surface area contributed by atoms with E-state index in [2.05, 4.69) is 34.3 Å². The van der Waals surface area contributed by atoms with E-state index >= 15 is 0 Å². The predicted octanol–water partition coefficient (Wildman–Crippen LogP) is 6.50. The van der Waals surface area contributed by atoms with E-state index in [0.29, 0.717) is 18.7 Å². The molecule has 3 aromatic carbocycles. The molecule has 0 N–H and O–H groups in total. The Morgan fingerprint density at radius 2 is 1.64 bits per heavy atom. The first-order valence-corrected chi connectivity index (χ1v) is 13.7. The van der Waals surface area contributed by atoms with Gasteiger partial charge in [-0.2, -0.15) is 5.10 Å². The van der Waals surface area contributed by atoms with Crippen molar-refractivity contribution in [3.05, 3.63) is 108 Å². The van der Waals surface area contributed by atoms with Gasteiger partial charge in [-0.3, -0.25) is 9.59 Å². The standard InChI is InChI=1S/C31H27N3O4S/c1-21-12-14-22(15-13-21)23-19-26(27-9-6-18-37-27)34(32-23)30(35)20-38-31(36)16-17-33-24-7-2-4-10-28(24)39-29-11-5-3-8-25(29)33/h2-15,18,26H,16-17,19-20H2,1H3. The molecule has 0 radical (unpaired) electrons.